The van der Waals surface area contributed by atoms with Gasteiger partial charge in [-0.05, 0) is 0 Å². The quantitative estimate of drug-likeness (QED) is 0.0844. The van der Waals surface area contributed by atoms with E-state index in [2.05, 4.69) is 19.9 Å². The highest BCUT2D eigenvalue weighted by molar-refractivity contribution is 6.32. The van der Waals surface area contributed by atoms with Gasteiger partial charge in [0.15, 0.2) is 56.9 Å². The average Bonchev–Trinajstić information content (AvgIpc) is 2.83. The standard InChI is InChI=1S/C18H26Cl2N14O4/c19-9-13(23)31-11(21)7(29-9)15(35)33(17(25)26)1-3-37-5-6-38-4-2-34(18(27)28)16(36)8-12(22)32-14(24)10(20)30-8/h1-6H2,(H3,25,26)(H3,27,28)(H4,21,23,31)(H4,22,24,32). The Morgan fingerprint density at radius 1 is 0.658 bits per heavy atom. The fourth-order valence-electron chi connectivity index (χ4n) is 2.75. The average molecular weight is 573 g/mol. The number of anilines is 4. The number of guanidine groups is 2. The van der Waals surface area contributed by atoms with Gasteiger partial charge >= 0.3 is 0 Å². The van der Waals surface area contributed by atoms with Gasteiger partial charge in [-0.2, -0.15) is 0 Å². The summed E-state index contributed by atoms with van der Waals surface area (Å²) in [6.45, 7) is -0.130. The second kappa shape index (κ2) is 13.3. The van der Waals surface area contributed by atoms with Crippen LogP contribution in [0.4, 0.5) is 23.3 Å². The minimum Gasteiger partial charge on any atom is -0.382 e. The molecule has 0 aromatic carbocycles. The van der Waals surface area contributed by atoms with Gasteiger partial charge in [-0.1, -0.05) is 23.2 Å². The van der Waals surface area contributed by atoms with Crippen LogP contribution in [0, 0.1) is 10.8 Å². The van der Waals surface area contributed by atoms with Gasteiger partial charge in [0.1, 0.15) is 0 Å². The van der Waals surface area contributed by atoms with Crippen LogP contribution in [0.3, 0.4) is 0 Å². The van der Waals surface area contributed by atoms with Gasteiger partial charge in [0.05, 0.1) is 39.5 Å². The lowest BCUT2D eigenvalue weighted by molar-refractivity contribution is 0.0373. The molecule has 2 heterocycles. The Kier molecular flexibility index (Phi) is 10.5. The smallest absolute Gasteiger partial charge is 0.283 e. The number of hydrogen-bond donors (Lipinski definition) is 8. The predicted octanol–water partition coefficient (Wildman–Crippen LogP) is -1.69. The SMILES string of the molecule is N=C(N)N(CCOCCOCCN(C(=N)N)C(=O)c1nc(Cl)c(N)nc1N)C(=O)c1nc(Cl)c(N)nc1N. The van der Waals surface area contributed by atoms with E-state index in [-0.39, 0.29) is 84.5 Å². The van der Waals surface area contributed by atoms with E-state index in [0.717, 1.165) is 9.80 Å². The molecule has 0 radical (unpaired) electrons. The number of nitrogens with one attached hydrogen (secondary N) is 2. The van der Waals surface area contributed by atoms with E-state index in [1.165, 1.54) is 0 Å². The molecule has 2 aromatic heterocycles. The molecule has 0 spiro atoms. The summed E-state index contributed by atoms with van der Waals surface area (Å²) in [4.78, 5) is 42.1. The van der Waals surface area contributed by atoms with Crippen LogP contribution in [-0.2, 0) is 9.47 Å². The Morgan fingerprint density at radius 3 is 1.32 bits per heavy atom. The van der Waals surface area contributed by atoms with Crippen molar-refractivity contribution in [2.75, 3.05) is 62.5 Å². The summed E-state index contributed by atoms with van der Waals surface area (Å²) < 4.78 is 10.8. The van der Waals surface area contributed by atoms with Gasteiger partial charge in [-0.25, -0.2) is 19.9 Å². The van der Waals surface area contributed by atoms with Gasteiger partial charge in [-0.3, -0.25) is 30.2 Å². The van der Waals surface area contributed by atoms with Crippen molar-refractivity contribution in [3.8, 4) is 0 Å². The van der Waals surface area contributed by atoms with Crippen molar-refractivity contribution in [3.05, 3.63) is 21.7 Å². The number of rotatable bonds is 11. The zero-order chi connectivity index (χ0) is 28.6. The molecule has 38 heavy (non-hydrogen) atoms. The van der Waals surface area contributed by atoms with Crippen molar-refractivity contribution < 1.29 is 19.1 Å². The summed E-state index contributed by atoms with van der Waals surface area (Å²) in [6.07, 6.45) is 0. The van der Waals surface area contributed by atoms with E-state index in [0.29, 0.717) is 0 Å². The minimum absolute atomic E-state index is 0.0291. The number of nitrogen functional groups attached to an aromatic ring is 4. The molecule has 20 heteroatoms. The molecular formula is C18H26Cl2N14O4. The summed E-state index contributed by atoms with van der Waals surface area (Å²) >= 11 is 11.6. The molecule has 0 fully saturated rings. The predicted molar refractivity (Wildman–Crippen MR) is 139 cm³/mol. The number of nitrogens with zero attached hydrogens (tertiary/aromatic N) is 6. The number of halogens is 2. The number of carbonyl (C=O) groups is 2. The number of ether oxygens (including phenoxy) is 2. The molecule has 2 amide bonds. The monoisotopic (exact) mass is 572 g/mol. The van der Waals surface area contributed by atoms with Crippen LogP contribution in [0.25, 0.3) is 0 Å². The van der Waals surface area contributed by atoms with E-state index >= 15 is 0 Å². The minimum atomic E-state index is -0.814. The van der Waals surface area contributed by atoms with Crippen molar-refractivity contribution in [1.82, 2.24) is 29.7 Å². The molecule has 14 N–H and O–H groups in total. The number of hydrogen-bond acceptors (Lipinski definition) is 14. The molecule has 0 saturated carbocycles. The molecule has 0 atom stereocenters. The zero-order valence-electron chi connectivity index (χ0n) is 19.8. The Labute approximate surface area is 225 Å². The highest BCUT2D eigenvalue weighted by atomic mass is 35.5. The first-order valence-corrected chi connectivity index (χ1v) is 11.2. The Hall–Kier alpha value is -4.26. The lowest BCUT2D eigenvalue weighted by Crippen LogP contribution is -2.44. The summed E-state index contributed by atoms with van der Waals surface area (Å²) in [5.41, 5.74) is 32.7. The van der Waals surface area contributed by atoms with Gasteiger partial charge in [0.25, 0.3) is 11.8 Å². The molecule has 0 aliphatic rings. The summed E-state index contributed by atoms with van der Waals surface area (Å²) in [5.74, 6) is -3.63. The fourth-order valence-corrected chi connectivity index (χ4v) is 3.00. The largest absolute Gasteiger partial charge is 0.382 e. The van der Waals surface area contributed by atoms with Crippen molar-refractivity contribution in [2.24, 2.45) is 11.5 Å². The maximum Gasteiger partial charge on any atom is 0.283 e. The fraction of sp³-hybridized carbons (Fsp3) is 0.333. The van der Waals surface area contributed by atoms with Gasteiger partial charge in [0.2, 0.25) is 0 Å². The van der Waals surface area contributed by atoms with E-state index < -0.39 is 23.7 Å². The molecule has 0 aliphatic heterocycles. The number of aromatic nitrogens is 4. The van der Waals surface area contributed by atoms with Crippen molar-refractivity contribution in [1.29, 1.82) is 10.8 Å². The van der Waals surface area contributed by atoms with Crippen LogP contribution >= 0.6 is 23.2 Å². The molecule has 0 bridgehead atoms. The lowest BCUT2D eigenvalue weighted by Gasteiger charge is -2.21. The molecule has 2 aromatic rings. The summed E-state index contributed by atoms with van der Waals surface area (Å²) in [6, 6.07) is 0. The van der Waals surface area contributed by atoms with Crippen LogP contribution < -0.4 is 34.4 Å². The first kappa shape index (κ1) is 30.0. The van der Waals surface area contributed by atoms with E-state index in [4.69, 9.17) is 77.9 Å². The number of nitrogens with two attached hydrogens (primary N) is 6. The van der Waals surface area contributed by atoms with E-state index in [1.54, 1.807) is 0 Å². The van der Waals surface area contributed by atoms with Crippen LogP contribution in [0.2, 0.25) is 10.3 Å². The molecular weight excluding hydrogens is 547 g/mol. The second-order valence-electron chi connectivity index (χ2n) is 7.18. The highest BCUT2D eigenvalue weighted by Gasteiger charge is 2.25. The highest BCUT2D eigenvalue weighted by Crippen LogP contribution is 2.19. The summed E-state index contributed by atoms with van der Waals surface area (Å²) in [7, 11) is 0. The summed E-state index contributed by atoms with van der Waals surface area (Å²) in [5, 5.41) is 14.8. The molecule has 206 valence electrons. The van der Waals surface area contributed by atoms with E-state index in [9.17, 15) is 9.59 Å². The van der Waals surface area contributed by atoms with Gasteiger partial charge in [0, 0.05) is 0 Å². The molecule has 18 nitrogen and oxygen atoms in total. The van der Waals surface area contributed by atoms with Gasteiger partial charge in [-0.15, -0.1) is 0 Å². The third-order valence-electron chi connectivity index (χ3n) is 4.58. The zero-order valence-corrected chi connectivity index (χ0v) is 21.3. The van der Waals surface area contributed by atoms with Crippen LogP contribution in [-0.4, -0.2) is 93.0 Å². The van der Waals surface area contributed by atoms with Gasteiger partial charge < -0.3 is 43.9 Å². The molecule has 0 aliphatic carbocycles. The Bertz CT molecular complexity index is 1140. The number of amides is 2. The van der Waals surface area contributed by atoms with Crippen LogP contribution in [0.1, 0.15) is 21.0 Å². The lowest BCUT2D eigenvalue weighted by atomic mass is 10.3. The maximum atomic E-state index is 12.7. The number of carbonyl (C=O) groups excluding carboxylic acids is 2. The molecule has 0 saturated heterocycles. The Morgan fingerprint density at radius 2 is 1.00 bits per heavy atom. The third-order valence-corrected chi connectivity index (χ3v) is 5.13. The Balaban J connectivity index is 1.81. The molecule has 2 rings (SSSR count). The second-order valence-corrected chi connectivity index (χ2v) is 7.89. The topological polar surface area (TPSA) is 314 Å². The van der Waals surface area contributed by atoms with Crippen LogP contribution in [0.5, 0.6) is 0 Å². The third kappa shape index (κ3) is 7.62. The van der Waals surface area contributed by atoms with E-state index in [1.807, 2.05) is 0 Å². The first-order chi connectivity index (χ1) is 17.8. The first-order valence-electron chi connectivity index (χ1n) is 10.5. The van der Waals surface area contributed by atoms with Crippen LogP contribution in [0.15, 0.2) is 0 Å². The maximum absolute atomic E-state index is 12.7. The molecule has 0 unspecified atom stereocenters. The van der Waals surface area contributed by atoms with Crippen molar-refractivity contribution >= 4 is 70.2 Å². The normalized spacial score (nSPS) is 10.7. The van der Waals surface area contributed by atoms with Crippen molar-refractivity contribution in [3.63, 3.8) is 0 Å². The van der Waals surface area contributed by atoms with Crippen molar-refractivity contribution in [2.45, 2.75) is 0 Å².